The van der Waals surface area contributed by atoms with Crippen LogP contribution in [0.25, 0.3) is 0 Å². The van der Waals surface area contributed by atoms with E-state index in [1.54, 1.807) is 7.11 Å². The molecule has 0 bridgehead atoms. The number of carbonyl (C=O) groups is 2. The fourth-order valence-corrected chi connectivity index (χ4v) is 4.27. The van der Waals surface area contributed by atoms with Gasteiger partial charge in [0.05, 0.1) is 25.7 Å². The van der Waals surface area contributed by atoms with Gasteiger partial charge in [0.1, 0.15) is 24.1 Å². The lowest BCUT2D eigenvalue weighted by Gasteiger charge is -2.20. The fourth-order valence-electron chi connectivity index (χ4n) is 4.27. The van der Waals surface area contributed by atoms with E-state index in [4.69, 9.17) is 14.2 Å². The molecule has 5 atom stereocenters. The zero-order chi connectivity index (χ0) is 23.9. The molecule has 2 saturated heterocycles. The lowest BCUT2D eigenvalue weighted by atomic mass is 10.1. The van der Waals surface area contributed by atoms with Crippen molar-refractivity contribution in [2.24, 2.45) is 0 Å². The first kappa shape index (κ1) is 24.0. The van der Waals surface area contributed by atoms with Crippen molar-refractivity contribution in [3.63, 3.8) is 0 Å². The summed E-state index contributed by atoms with van der Waals surface area (Å²) in [5, 5.41) is 19.0. The molecule has 2 fully saturated rings. The van der Waals surface area contributed by atoms with Crippen LogP contribution in [0.1, 0.15) is 24.0 Å². The lowest BCUT2D eigenvalue weighted by molar-refractivity contribution is -0.124. The highest BCUT2D eigenvalue weighted by atomic mass is 16.6. The van der Waals surface area contributed by atoms with Gasteiger partial charge in [-0.2, -0.15) is 0 Å². The molecule has 0 radical (unpaired) electrons. The molecule has 2 aliphatic heterocycles. The Morgan fingerprint density at radius 3 is 2.38 bits per heavy atom. The zero-order valence-corrected chi connectivity index (χ0v) is 19.1. The SMILES string of the molecule is COc1ccc(CNC(=O)CC2CC3OC(CNC(=O)NCc4ccccc4)C(O)C3O2)cc1. The summed E-state index contributed by atoms with van der Waals surface area (Å²) in [5.74, 6) is 0.643. The number of ether oxygens (including phenoxy) is 3. The first-order chi connectivity index (χ1) is 16.5. The number of rotatable bonds is 9. The quantitative estimate of drug-likeness (QED) is 0.442. The number of nitrogens with one attached hydrogen (secondary N) is 3. The number of benzene rings is 2. The third-order valence-electron chi connectivity index (χ3n) is 6.10. The summed E-state index contributed by atoms with van der Waals surface area (Å²) < 4.78 is 17.0. The van der Waals surface area contributed by atoms with Crippen LogP contribution in [-0.2, 0) is 27.4 Å². The van der Waals surface area contributed by atoms with Gasteiger partial charge in [-0.05, 0) is 23.3 Å². The number of aliphatic hydroxyl groups is 1. The van der Waals surface area contributed by atoms with Gasteiger partial charge in [-0.25, -0.2) is 4.79 Å². The topological polar surface area (TPSA) is 118 Å². The third-order valence-corrected chi connectivity index (χ3v) is 6.10. The van der Waals surface area contributed by atoms with Crippen molar-refractivity contribution in [3.8, 4) is 5.75 Å². The van der Waals surface area contributed by atoms with Gasteiger partial charge >= 0.3 is 6.03 Å². The average molecular weight is 470 g/mol. The van der Waals surface area contributed by atoms with E-state index in [2.05, 4.69) is 16.0 Å². The zero-order valence-electron chi connectivity index (χ0n) is 19.1. The van der Waals surface area contributed by atoms with Crippen LogP contribution in [0.5, 0.6) is 5.75 Å². The first-order valence-corrected chi connectivity index (χ1v) is 11.5. The molecule has 2 heterocycles. The Morgan fingerprint density at radius 2 is 1.68 bits per heavy atom. The highest BCUT2D eigenvalue weighted by Crippen LogP contribution is 2.35. The summed E-state index contributed by atoms with van der Waals surface area (Å²) >= 11 is 0. The van der Waals surface area contributed by atoms with Gasteiger partial charge in [-0.3, -0.25) is 4.79 Å². The second-order valence-electron chi connectivity index (χ2n) is 8.54. The van der Waals surface area contributed by atoms with E-state index >= 15 is 0 Å². The molecule has 2 aromatic carbocycles. The summed E-state index contributed by atoms with van der Waals surface area (Å²) in [6.07, 6.45) is -1.82. The van der Waals surface area contributed by atoms with Crippen molar-refractivity contribution in [2.45, 2.75) is 56.5 Å². The van der Waals surface area contributed by atoms with Crippen molar-refractivity contribution >= 4 is 11.9 Å². The molecule has 0 aromatic heterocycles. The Hall–Kier alpha value is -3.14. The Morgan fingerprint density at radius 1 is 0.971 bits per heavy atom. The number of amides is 3. The standard InChI is InChI=1S/C25H31N3O6/c1-32-18-9-7-17(8-10-18)13-26-22(29)12-19-11-20-24(33-19)23(30)21(34-20)15-28-25(31)27-14-16-5-3-2-4-6-16/h2-10,19-21,23-24,30H,11-15H2,1H3,(H,26,29)(H2,27,28,31). The van der Waals surface area contributed by atoms with Crippen molar-refractivity contribution in [1.82, 2.24) is 16.0 Å². The molecule has 9 nitrogen and oxygen atoms in total. The van der Waals surface area contributed by atoms with Crippen LogP contribution in [0.2, 0.25) is 0 Å². The summed E-state index contributed by atoms with van der Waals surface area (Å²) in [5.41, 5.74) is 1.97. The molecule has 0 spiro atoms. The number of methoxy groups -OCH3 is 1. The fraction of sp³-hybridized carbons (Fsp3) is 0.440. The van der Waals surface area contributed by atoms with Crippen molar-refractivity contribution in [1.29, 1.82) is 0 Å². The number of fused-ring (bicyclic) bond motifs is 1. The molecule has 4 rings (SSSR count). The van der Waals surface area contributed by atoms with Crippen molar-refractivity contribution in [3.05, 3.63) is 65.7 Å². The second-order valence-corrected chi connectivity index (χ2v) is 8.54. The van der Waals surface area contributed by atoms with E-state index in [9.17, 15) is 14.7 Å². The Kier molecular flexibility index (Phi) is 7.99. The molecule has 2 aliphatic rings. The molecule has 182 valence electrons. The van der Waals surface area contributed by atoms with Crippen molar-refractivity contribution in [2.75, 3.05) is 13.7 Å². The van der Waals surface area contributed by atoms with Crippen LogP contribution in [0.3, 0.4) is 0 Å². The van der Waals surface area contributed by atoms with Crippen LogP contribution in [0.15, 0.2) is 54.6 Å². The van der Waals surface area contributed by atoms with E-state index < -0.39 is 18.3 Å². The molecule has 3 amide bonds. The molecular weight excluding hydrogens is 438 g/mol. The van der Waals surface area contributed by atoms with Crippen LogP contribution >= 0.6 is 0 Å². The lowest BCUT2D eigenvalue weighted by Crippen LogP contribution is -2.44. The molecule has 9 heteroatoms. The van der Waals surface area contributed by atoms with Gasteiger partial charge < -0.3 is 35.3 Å². The first-order valence-electron chi connectivity index (χ1n) is 11.5. The summed E-state index contributed by atoms with van der Waals surface area (Å²) in [6.45, 7) is 1.00. The largest absolute Gasteiger partial charge is 0.497 e. The minimum Gasteiger partial charge on any atom is -0.497 e. The van der Waals surface area contributed by atoms with Gasteiger partial charge in [0, 0.05) is 26.1 Å². The molecular formula is C25H31N3O6. The highest BCUT2D eigenvalue weighted by molar-refractivity contribution is 5.76. The van der Waals surface area contributed by atoms with Gasteiger partial charge in [0.2, 0.25) is 5.91 Å². The van der Waals surface area contributed by atoms with Gasteiger partial charge in [-0.1, -0.05) is 42.5 Å². The van der Waals surface area contributed by atoms with Crippen LogP contribution in [0.4, 0.5) is 4.79 Å². The molecule has 2 aromatic rings. The second kappa shape index (κ2) is 11.3. The Bertz CT molecular complexity index is 955. The smallest absolute Gasteiger partial charge is 0.315 e. The average Bonchev–Trinajstić information content (AvgIpc) is 3.38. The van der Waals surface area contributed by atoms with E-state index in [1.807, 2.05) is 54.6 Å². The maximum atomic E-state index is 12.3. The summed E-state index contributed by atoms with van der Waals surface area (Å²) in [7, 11) is 1.61. The predicted octanol–water partition coefficient (Wildman–Crippen LogP) is 1.49. The number of hydrogen-bond donors (Lipinski definition) is 4. The molecule has 0 aliphatic carbocycles. The van der Waals surface area contributed by atoms with Crippen LogP contribution in [0, 0.1) is 0 Å². The number of carbonyl (C=O) groups excluding carboxylic acids is 2. The number of hydrogen-bond acceptors (Lipinski definition) is 6. The Balaban J connectivity index is 1.14. The highest BCUT2D eigenvalue weighted by Gasteiger charge is 2.50. The normalized spacial score (nSPS) is 25.4. The summed E-state index contributed by atoms with van der Waals surface area (Å²) in [4.78, 5) is 24.4. The van der Waals surface area contributed by atoms with Gasteiger partial charge in [-0.15, -0.1) is 0 Å². The third kappa shape index (κ3) is 6.25. The van der Waals surface area contributed by atoms with E-state index in [1.165, 1.54) is 0 Å². The van der Waals surface area contributed by atoms with E-state index in [-0.39, 0.29) is 37.1 Å². The summed E-state index contributed by atoms with van der Waals surface area (Å²) in [6, 6.07) is 16.8. The molecule has 0 saturated carbocycles. The minimum absolute atomic E-state index is 0.122. The van der Waals surface area contributed by atoms with Crippen molar-refractivity contribution < 1.29 is 28.9 Å². The maximum absolute atomic E-state index is 12.3. The molecule has 5 unspecified atom stereocenters. The van der Waals surface area contributed by atoms with E-state index in [0.29, 0.717) is 19.5 Å². The van der Waals surface area contributed by atoms with Crippen LogP contribution in [-0.4, -0.2) is 61.2 Å². The van der Waals surface area contributed by atoms with Gasteiger partial charge in [0.25, 0.3) is 0 Å². The Labute approximate surface area is 198 Å². The van der Waals surface area contributed by atoms with Crippen LogP contribution < -0.4 is 20.7 Å². The predicted molar refractivity (Wildman–Crippen MR) is 124 cm³/mol. The number of aliphatic hydroxyl groups excluding tert-OH is 1. The monoisotopic (exact) mass is 469 g/mol. The molecule has 4 N–H and O–H groups in total. The minimum atomic E-state index is -0.869. The number of urea groups is 1. The van der Waals surface area contributed by atoms with E-state index in [0.717, 1.165) is 16.9 Å². The molecule has 34 heavy (non-hydrogen) atoms. The maximum Gasteiger partial charge on any atom is 0.315 e. The van der Waals surface area contributed by atoms with Gasteiger partial charge in [0.15, 0.2) is 0 Å².